The summed E-state index contributed by atoms with van der Waals surface area (Å²) >= 11 is 2.96. The second-order valence-corrected chi connectivity index (χ2v) is 14.1. The molecule has 0 heterocycles. The van der Waals surface area contributed by atoms with Crippen molar-refractivity contribution in [2.45, 2.75) is 105 Å². The van der Waals surface area contributed by atoms with Crippen LogP contribution in [0, 0.1) is 0 Å². The molecule has 0 bridgehead atoms. The van der Waals surface area contributed by atoms with Crippen LogP contribution in [0.1, 0.15) is 83.1 Å². The Labute approximate surface area is 162 Å². The van der Waals surface area contributed by atoms with Gasteiger partial charge in [0.1, 0.15) is 11.2 Å². The molecule has 0 radical (unpaired) electrons. The van der Waals surface area contributed by atoms with Crippen molar-refractivity contribution >= 4 is 30.0 Å². The normalized spacial score (nSPS) is 14.0. The van der Waals surface area contributed by atoms with E-state index in [2.05, 4.69) is 15.5 Å². The third kappa shape index (κ3) is 24.6. The Bertz CT molecular complexity index is 429. The molecule has 0 aliphatic heterocycles. The summed E-state index contributed by atoms with van der Waals surface area (Å²) in [4.78, 5) is 0. The van der Waals surface area contributed by atoms with Gasteiger partial charge in [0.15, 0.2) is 0 Å². The van der Waals surface area contributed by atoms with Gasteiger partial charge < -0.3 is 0 Å². The molecule has 0 saturated carbocycles. The highest BCUT2D eigenvalue weighted by molar-refractivity contribution is 9.39. The van der Waals surface area contributed by atoms with Gasteiger partial charge in [0.05, 0.1) is 11.2 Å². The summed E-state index contributed by atoms with van der Waals surface area (Å²) in [5, 5.41) is 0. The summed E-state index contributed by atoms with van der Waals surface area (Å²) in [7, 11) is -2.01. The van der Waals surface area contributed by atoms with Crippen molar-refractivity contribution in [3.8, 4) is 0 Å². The van der Waals surface area contributed by atoms with E-state index in [1.54, 1.807) is 0 Å². The number of halogens is 1. The van der Waals surface area contributed by atoms with E-state index in [-0.39, 0.29) is 0 Å². The highest BCUT2D eigenvalue weighted by Crippen LogP contribution is 2.60. The second kappa shape index (κ2) is 9.73. The molecule has 0 spiro atoms. The Morgan fingerprint density at radius 2 is 0.880 bits per heavy atom. The van der Waals surface area contributed by atoms with E-state index in [4.69, 9.17) is 18.1 Å². The van der Waals surface area contributed by atoms with Crippen molar-refractivity contribution < 1.29 is 27.2 Å². The molecule has 0 unspecified atom stereocenters. The van der Waals surface area contributed by atoms with E-state index >= 15 is 0 Å². The first kappa shape index (κ1) is 27.9. The van der Waals surface area contributed by atoms with E-state index in [1.807, 2.05) is 83.1 Å². The van der Waals surface area contributed by atoms with Crippen LogP contribution in [-0.2, 0) is 27.2 Å². The molecule has 0 amide bonds. The zero-order valence-corrected chi connectivity index (χ0v) is 21.1. The topological polar surface area (TPSA) is 71.1 Å². The molecule has 0 aromatic carbocycles. The quantitative estimate of drug-likeness (QED) is 0.402. The second-order valence-electron chi connectivity index (χ2n) is 9.47. The minimum atomic E-state index is -3.12. The van der Waals surface area contributed by atoms with Crippen LogP contribution in [0.25, 0.3) is 0 Å². The maximum atomic E-state index is 11.7. The molecule has 0 fully saturated rings. The molecule has 0 saturated heterocycles. The first-order valence-electron chi connectivity index (χ1n) is 8.08. The van der Waals surface area contributed by atoms with Crippen molar-refractivity contribution in [1.29, 1.82) is 0 Å². The van der Waals surface area contributed by atoms with Gasteiger partial charge in [0.25, 0.3) is 0 Å². The van der Waals surface area contributed by atoms with Crippen LogP contribution in [0.3, 0.4) is 0 Å². The van der Waals surface area contributed by atoms with Crippen LogP contribution in [0.15, 0.2) is 0 Å². The van der Waals surface area contributed by atoms with E-state index in [0.717, 1.165) is 0 Å². The number of hydrogen-bond acceptors (Lipinski definition) is 6. The Hall–Kier alpha value is 0.650. The standard InChI is InChI=1S/C8H18BrO3P.C8H18O3P/c1-7(2,3)11-13(9,10)12-8(4,5)6;1-7(2,3)10-12(9)11-8(4,5)6/h1-6H3;1-6H3/q;+1. The van der Waals surface area contributed by atoms with Crippen LogP contribution < -0.4 is 0 Å². The minimum absolute atomic E-state index is 0.418. The largest absolute Gasteiger partial charge is 0.698 e. The van der Waals surface area contributed by atoms with Gasteiger partial charge in [0, 0.05) is 20.1 Å². The SMILES string of the molecule is CC(C)(C)OP(=O)(Br)OC(C)(C)C.CC(C)(C)O[P+](=O)OC(C)(C)C. The summed E-state index contributed by atoms with van der Waals surface area (Å²) < 4.78 is 43.6. The van der Waals surface area contributed by atoms with Gasteiger partial charge in [-0.05, 0) is 83.1 Å². The molecule has 0 rings (SSSR count). The Kier molecular flexibility index (Phi) is 10.8. The first-order valence-corrected chi connectivity index (χ1v) is 12.7. The molecule has 0 aliphatic carbocycles. The highest BCUT2D eigenvalue weighted by atomic mass is 79.9. The summed E-state index contributed by atoms with van der Waals surface area (Å²) in [6, 6.07) is 0. The lowest BCUT2D eigenvalue weighted by Gasteiger charge is -2.28. The lowest BCUT2D eigenvalue weighted by atomic mass is 10.2. The average molecular weight is 466 g/mol. The van der Waals surface area contributed by atoms with Gasteiger partial charge in [-0.3, -0.25) is 9.05 Å². The van der Waals surface area contributed by atoms with Crippen molar-refractivity contribution in [3.05, 3.63) is 0 Å². The van der Waals surface area contributed by atoms with E-state index in [0.29, 0.717) is 0 Å². The van der Waals surface area contributed by atoms with Crippen LogP contribution in [0.4, 0.5) is 0 Å². The maximum Gasteiger partial charge on any atom is 0.698 e. The van der Waals surface area contributed by atoms with Gasteiger partial charge in [-0.1, -0.05) is 0 Å². The predicted molar refractivity (Wildman–Crippen MR) is 107 cm³/mol. The van der Waals surface area contributed by atoms with Gasteiger partial charge in [-0.2, -0.15) is 0 Å². The van der Waals surface area contributed by atoms with Gasteiger partial charge in [0.2, 0.25) is 0 Å². The Morgan fingerprint density at radius 3 is 1.04 bits per heavy atom. The lowest BCUT2D eigenvalue weighted by molar-refractivity contribution is 0.0595. The predicted octanol–water partition coefficient (Wildman–Crippen LogP) is 7.39. The summed E-state index contributed by atoms with van der Waals surface area (Å²) in [5.74, 6) is 0. The molecule has 0 atom stereocenters. The minimum Gasteiger partial charge on any atom is -0.295 e. The number of hydrogen-bond donors (Lipinski definition) is 0. The molecule has 0 N–H and O–H groups in total. The molecule has 0 aliphatic rings. The van der Waals surface area contributed by atoms with Crippen molar-refractivity contribution in [3.63, 3.8) is 0 Å². The molecular formula is C16H36BrO6P2+. The van der Waals surface area contributed by atoms with E-state index < -0.39 is 37.0 Å². The maximum absolute atomic E-state index is 11.7. The molecule has 152 valence electrons. The summed E-state index contributed by atoms with van der Waals surface area (Å²) in [6.07, 6.45) is -3.12. The number of rotatable bonds is 4. The average Bonchev–Trinajstić information content (AvgIpc) is 1.99. The Morgan fingerprint density at radius 1 is 0.640 bits per heavy atom. The first-order chi connectivity index (χ1) is 10.5. The summed E-state index contributed by atoms with van der Waals surface area (Å²) in [5.41, 5.74) is -1.80. The van der Waals surface area contributed by atoms with Gasteiger partial charge >= 0.3 is 14.6 Å². The van der Waals surface area contributed by atoms with Crippen LogP contribution in [0.5, 0.6) is 0 Å². The van der Waals surface area contributed by atoms with Gasteiger partial charge in [-0.25, -0.2) is 4.57 Å². The fourth-order valence-electron chi connectivity index (χ4n) is 1.14. The molecular weight excluding hydrogens is 430 g/mol. The van der Waals surface area contributed by atoms with Crippen molar-refractivity contribution in [1.82, 2.24) is 0 Å². The zero-order chi connectivity index (χ0) is 20.9. The molecule has 0 aromatic rings. The van der Waals surface area contributed by atoms with Crippen LogP contribution in [-0.4, -0.2) is 22.4 Å². The third-order valence-corrected chi connectivity index (χ3v) is 5.26. The van der Waals surface area contributed by atoms with E-state index in [1.165, 1.54) is 0 Å². The zero-order valence-electron chi connectivity index (χ0n) is 17.7. The third-order valence-electron chi connectivity index (χ3n) is 1.46. The molecule has 9 heteroatoms. The molecule has 25 heavy (non-hydrogen) atoms. The summed E-state index contributed by atoms with van der Waals surface area (Å²) in [6.45, 7) is 22.0. The van der Waals surface area contributed by atoms with Crippen LogP contribution in [0.2, 0.25) is 0 Å². The smallest absolute Gasteiger partial charge is 0.295 e. The van der Waals surface area contributed by atoms with Crippen molar-refractivity contribution in [2.24, 2.45) is 0 Å². The van der Waals surface area contributed by atoms with Gasteiger partial charge in [-0.15, -0.1) is 9.05 Å². The monoisotopic (exact) mass is 465 g/mol. The van der Waals surface area contributed by atoms with Crippen molar-refractivity contribution in [2.75, 3.05) is 0 Å². The van der Waals surface area contributed by atoms with E-state index in [9.17, 15) is 9.13 Å². The fourth-order valence-corrected chi connectivity index (χ4v) is 6.02. The fraction of sp³-hybridized carbons (Fsp3) is 1.00. The van der Waals surface area contributed by atoms with Crippen LogP contribution >= 0.6 is 30.0 Å². The Balaban J connectivity index is 0. The molecule has 6 nitrogen and oxygen atoms in total. The lowest BCUT2D eigenvalue weighted by Crippen LogP contribution is -2.21. The highest BCUT2D eigenvalue weighted by Gasteiger charge is 2.35. The molecule has 0 aromatic heterocycles.